The van der Waals surface area contributed by atoms with Crippen LogP contribution in [0.4, 0.5) is 0 Å². The van der Waals surface area contributed by atoms with Gasteiger partial charge in [-0.2, -0.15) is 11.8 Å². The number of nitrogens with two attached hydrogens (primary N) is 1. The van der Waals surface area contributed by atoms with Gasteiger partial charge in [0.05, 0.1) is 12.6 Å². The van der Waals surface area contributed by atoms with Crippen molar-refractivity contribution in [2.24, 2.45) is 0 Å². The molecule has 0 aromatic heterocycles. The van der Waals surface area contributed by atoms with E-state index in [0.717, 1.165) is 6.04 Å². The highest BCUT2D eigenvalue weighted by Crippen LogP contribution is 2.13. The van der Waals surface area contributed by atoms with Crippen molar-refractivity contribution < 1.29 is 5.32 Å². The average molecular weight is 208 g/mol. The molecule has 1 aliphatic rings. The van der Waals surface area contributed by atoms with Crippen LogP contribution >= 0.6 is 11.8 Å². The van der Waals surface area contributed by atoms with Crippen LogP contribution in [0.3, 0.4) is 0 Å². The van der Waals surface area contributed by atoms with E-state index in [-0.39, 0.29) is 0 Å². The molecule has 0 radical (unpaired) electrons. The van der Waals surface area contributed by atoms with Gasteiger partial charge in [-0.3, -0.25) is 0 Å². The number of hydrogen-bond acceptors (Lipinski definition) is 1. The number of quaternary nitrogens is 1. The molecule has 1 heterocycles. The van der Waals surface area contributed by atoms with E-state index >= 15 is 0 Å². The van der Waals surface area contributed by atoms with E-state index in [1.54, 1.807) is 0 Å². The Morgan fingerprint density at radius 3 is 2.86 bits per heavy atom. The first-order chi connectivity index (χ1) is 6.95. The molecule has 1 aromatic carbocycles. The fourth-order valence-corrected chi connectivity index (χ4v) is 3.11. The minimum absolute atomic E-state index is 0.892. The van der Waals surface area contributed by atoms with Crippen molar-refractivity contribution in [3.63, 3.8) is 0 Å². The fraction of sp³-hybridized carbons (Fsp3) is 0.500. The normalized spacial score (nSPS) is 21.3. The predicted molar refractivity (Wildman–Crippen MR) is 62.7 cm³/mol. The second-order valence-electron chi connectivity index (χ2n) is 3.88. The summed E-state index contributed by atoms with van der Waals surface area (Å²) in [5.41, 5.74) is 1.47. The van der Waals surface area contributed by atoms with Crippen molar-refractivity contribution in [2.45, 2.75) is 18.9 Å². The number of hydrogen-bond donors (Lipinski definition) is 1. The molecular formula is C12H18NS+. The first-order valence-electron chi connectivity index (χ1n) is 5.40. The van der Waals surface area contributed by atoms with Crippen LogP contribution in [0.2, 0.25) is 0 Å². The van der Waals surface area contributed by atoms with Gasteiger partial charge in [-0.1, -0.05) is 30.3 Å². The van der Waals surface area contributed by atoms with E-state index in [2.05, 4.69) is 47.4 Å². The van der Waals surface area contributed by atoms with Gasteiger partial charge in [-0.15, -0.1) is 0 Å². The molecule has 0 bridgehead atoms. The van der Waals surface area contributed by atoms with Crippen LogP contribution < -0.4 is 5.32 Å². The second-order valence-corrected chi connectivity index (χ2v) is 5.03. The van der Waals surface area contributed by atoms with Crippen molar-refractivity contribution in [2.75, 3.05) is 18.1 Å². The molecule has 76 valence electrons. The van der Waals surface area contributed by atoms with Crippen LogP contribution in [0.25, 0.3) is 0 Å². The van der Waals surface area contributed by atoms with E-state index in [0.29, 0.717) is 0 Å². The van der Waals surface area contributed by atoms with E-state index in [9.17, 15) is 0 Å². The molecule has 1 saturated heterocycles. The third-order valence-corrected chi connectivity index (χ3v) is 3.93. The van der Waals surface area contributed by atoms with Crippen molar-refractivity contribution in [1.29, 1.82) is 0 Å². The maximum absolute atomic E-state index is 2.52. The van der Waals surface area contributed by atoms with Crippen molar-refractivity contribution in [1.82, 2.24) is 0 Å². The van der Waals surface area contributed by atoms with Gasteiger partial charge in [0.1, 0.15) is 0 Å². The Morgan fingerprint density at radius 2 is 2.14 bits per heavy atom. The molecule has 1 aromatic rings. The second kappa shape index (κ2) is 5.42. The van der Waals surface area contributed by atoms with Crippen LogP contribution in [-0.4, -0.2) is 24.1 Å². The topological polar surface area (TPSA) is 16.6 Å². The Kier molecular flexibility index (Phi) is 3.90. The lowest BCUT2D eigenvalue weighted by atomic mass is 10.1. The van der Waals surface area contributed by atoms with Crippen LogP contribution in [0.1, 0.15) is 12.0 Å². The molecule has 2 rings (SSSR count). The average Bonchev–Trinajstić information content (AvgIpc) is 2.72. The van der Waals surface area contributed by atoms with Gasteiger partial charge in [-0.25, -0.2) is 0 Å². The highest BCUT2D eigenvalue weighted by Gasteiger charge is 2.17. The Morgan fingerprint density at radius 1 is 1.29 bits per heavy atom. The summed E-state index contributed by atoms with van der Waals surface area (Å²) in [5.74, 6) is 2.72. The van der Waals surface area contributed by atoms with Crippen molar-refractivity contribution >= 4 is 11.8 Å². The van der Waals surface area contributed by atoms with Gasteiger partial charge < -0.3 is 5.32 Å². The molecule has 0 aliphatic carbocycles. The summed E-state index contributed by atoms with van der Waals surface area (Å²) >= 11 is 2.10. The van der Waals surface area contributed by atoms with E-state index < -0.39 is 0 Å². The van der Waals surface area contributed by atoms with Crippen LogP contribution in [0, 0.1) is 0 Å². The summed E-state index contributed by atoms with van der Waals surface area (Å²) in [7, 11) is 0. The Balaban J connectivity index is 1.67. The Hall–Kier alpha value is -0.470. The molecule has 1 atom stereocenters. The van der Waals surface area contributed by atoms with Crippen molar-refractivity contribution in [3.8, 4) is 0 Å². The SMILES string of the molecule is c1ccc(CC[NH2+][C@@H]2CCSC2)cc1. The zero-order valence-electron chi connectivity index (χ0n) is 8.49. The molecule has 0 spiro atoms. The van der Waals surface area contributed by atoms with Crippen LogP contribution in [-0.2, 0) is 6.42 Å². The quantitative estimate of drug-likeness (QED) is 0.789. The Bertz CT molecular complexity index is 254. The summed E-state index contributed by atoms with van der Waals surface area (Å²) < 4.78 is 0. The Labute approximate surface area is 90.3 Å². The molecule has 1 nitrogen and oxygen atoms in total. The number of thioether (sulfide) groups is 1. The summed E-state index contributed by atoms with van der Waals surface area (Å²) in [6, 6.07) is 11.7. The number of rotatable bonds is 4. The van der Waals surface area contributed by atoms with Crippen LogP contribution in [0.5, 0.6) is 0 Å². The zero-order valence-corrected chi connectivity index (χ0v) is 9.30. The van der Waals surface area contributed by atoms with Gasteiger partial charge in [-0.05, 0) is 11.3 Å². The lowest BCUT2D eigenvalue weighted by Gasteiger charge is -2.07. The molecule has 2 N–H and O–H groups in total. The van der Waals surface area contributed by atoms with Gasteiger partial charge in [0.2, 0.25) is 0 Å². The maximum atomic E-state index is 2.52. The third-order valence-electron chi connectivity index (χ3n) is 2.74. The van der Waals surface area contributed by atoms with E-state index in [4.69, 9.17) is 0 Å². The molecule has 2 heteroatoms. The molecule has 1 aliphatic heterocycles. The van der Waals surface area contributed by atoms with E-state index in [1.165, 1.54) is 36.5 Å². The first-order valence-corrected chi connectivity index (χ1v) is 6.55. The van der Waals surface area contributed by atoms with Gasteiger partial charge >= 0.3 is 0 Å². The smallest absolute Gasteiger partial charge is 0.0958 e. The summed E-state index contributed by atoms with van der Waals surface area (Å²) in [5, 5.41) is 2.52. The first kappa shape index (κ1) is 10.1. The molecule has 1 fully saturated rings. The largest absolute Gasteiger partial charge is 0.343 e. The highest BCUT2D eigenvalue weighted by molar-refractivity contribution is 7.99. The minimum Gasteiger partial charge on any atom is -0.343 e. The van der Waals surface area contributed by atoms with E-state index in [1.807, 2.05) is 0 Å². The molecular weight excluding hydrogens is 190 g/mol. The highest BCUT2D eigenvalue weighted by atomic mass is 32.2. The number of benzene rings is 1. The molecule has 14 heavy (non-hydrogen) atoms. The molecule has 0 amide bonds. The predicted octanol–water partition coefficient (Wildman–Crippen LogP) is 1.30. The minimum atomic E-state index is 0.892. The summed E-state index contributed by atoms with van der Waals surface area (Å²) in [4.78, 5) is 0. The third kappa shape index (κ3) is 3.03. The lowest BCUT2D eigenvalue weighted by molar-refractivity contribution is -0.683. The van der Waals surface area contributed by atoms with Gasteiger partial charge in [0, 0.05) is 18.6 Å². The maximum Gasteiger partial charge on any atom is 0.0958 e. The molecule has 0 saturated carbocycles. The van der Waals surface area contributed by atoms with Gasteiger partial charge in [0.15, 0.2) is 0 Å². The fourth-order valence-electron chi connectivity index (χ4n) is 1.87. The molecule has 0 unspecified atom stereocenters. The standard InChI is InChI=1S/C12H17NS/c1-2-4-11(5-3-1)6-8-13-12-7-9-14-10-12/h1-5,12-13H,6-10H2/p+1/t12-/m1/s1. The summed E-state index contributed by atoms with van der Waals surface area (Å²) in [6.45, 7) is 1.25. The van der Waals surface area contributed by atoms with Crippen LogP contribution in [0.15, 0.2) is 30.3 Å². The van der Waals surface area contributed by atoms with Gasteiger partial charge in [0.25, 0.3) is 0 Å². The monoisotopic (exact) mass is 208 g/mol. The van der Waals surface area contributed by atoms with Crippen molar-refractivity contribution in [3.05, 3.63) is 35.9 Å². The zero-order chi connectivity index (χ0) is 9.64. The lowest BCUT2D eigenvalue weighted by Crippen LogP contribution is -2.90. The summed E-state index contributed by atoms with van der Waals surface area (Å²) in [6.07, 6.45) is 2.61.